The van der Waals surface area contributed by atoms with Crippen molar-refractivity contribution in [2.45, 2.75) is 18.9 Å². The van der Waals surface area contributed by atoms with Crippen LogP contribution >= 0.6 is 0 Å². The van der Waals surface area contributed by atoms with Crippen LogP contribution < -0.4 is 15.4 Å². The van der Waals surface area contributed by atoms with Crippen molar-refractivity contribution in [2.24, 2.45) is 5.73 Å². The van der Waals surface area contributed by atoms with Crippen molar-refractivity contribution in [2.75, 3.05) is 44.7 Å². The lowest BCUT2D eigenvalue weighted by Gasteiger charge is -2.29. The second-order valence-electron chi connectivity index (χ2n) is 8.37. The molecule has 1 aromatic carbocycles. The number of aryl methyl sites for hydroxylation is 1. The number of carbonyl (C=O) groups excluding carboxylic acids is 1. The predicted octanol–water partition coefficient (Wildman–Crippen LogP) is 1.99. The third kappa shape index (κ3) is 4.66. The number of ether oxygens (including phenoxy) is 1. The molecule has 8 heteroatoms. The van der Waals surface area contributed by atoms with Crippen LogP contribution in [0.5, 0.6) is 5.75 Å². The molecule has 0 radical (unpaired) electrons. The number of carbonyl (C=O) groups is 1. The molecule has 2 aromatic heterocycles. The zero-order valence-electron chi connectivity index (χ0n) is 18.5. The van der Waals surface area contributed by atoms with Crippen molar-refractivity contribution < 1.29 is 14.6 Å². The van der Waals surface area contributed by atoms with Crippen molar-refractivity contribution >= 4 is 22.6 Å². The Bertz CT molecular complexity index is 1120. The summed E-state index contributed by atoms with van der Waals surface area (Å²) in [7, 11) is 1.71. The normalized spacial score (nSPS) is 18.2. The highest BCUT2D eigenvalue weighted by Crippen LogP contribution is 2.31. The van der Waals surface area contributed by atoms with Crippen LogP contribution in [-0.4, -0.2) is 71.3 Å². The topological polar surface area (TPSA) is 105 Å². The number of likely N-dealkylation sites (N-methyl/N-ethyl adjacent to an activating group) is 1. The summed E-state index contributed by atoms with van der Waals surface area (Å²) in [5.41, 5.74) is 8.51. The van der Waals surface area contributed by atoms with Crippen LogP contribution in [0.1, 0.15) is 22.5 Å². The molecule has 3 N–H and O–H groups in total. The summed E-state index contributed by atoms with van der Waals surface area (Å²) in [6.45, 7) is 4.07. The Kier molecular flexibility index (Phi) is 6.25. The van der Waals surface area contributed by atoms with Gasteiger partial charge in [0.2, 0.25) is 0 Å². The molecule has 168 valence electrons. The number of anilines is 1. The van der Waals surface area contributed by atoms with E-state index in [1.807, 2.05) is 25.1 Å². The Morgan fingerprint density at radius 2 is 2.16 bits per heavy atom. The van der Waals surface area contributed by atoms with Gasteiger partial charge in [0.1, 0.15) is 23.5 Å². The molecule has 0 aliphatic carbocycles. The summed E-state index contributed by atoms with van der Waals surface area (Å²) in [5.74, 6) is 0.439. The Morgan fingerprint density at radius 3 is 2.97 bits per heavy atom. The minimum atomic E-state index is -1.02. The molecule has 1 atom stereocenters. The zero-order valence-corrected chi connectivity index (χ0v) is 18.5. The number of fused-ring (bicyclic) bond motifs is 1. The fraction of sp³-hybridized carbons (Fsp3) is 0.375. The number of nitrogens with zero attached hydrogens (tertiary/aromatic N) is 4. The average molecular weight is 436 g/mol. The van der Waals surface area contributed by atoms with Gasteiger partial charge in [0.25, 0.3) is 5.91 Å². The SMILES string of the molecule is Cc1ccc2nccc(N3CC[C@](O)(CN(C)C(=O)c4cccc(OCCN)c4)C3)c2n1. The molecule has 1 fully saturated rings. The Labute approximate surface area is 187 Å². The summed E-state index contributed by atoms with van der Waals surface area (Å²) in [6.07, 6.45) is 2.32. The van der Waals surface area contributed by atoms with Gasteiger partial charge in [-0.2, -0.15) is 0 Å². The highest BCUT2D eigenvalue weighted by atomic mass is 16.5. The smallest absolute Gasteiger partial charge is 0.253 e. The van der Waals surface area contributed by atoms with Gasteiger partial charge < -0.3 is 25.4 Å². The van der Waals surface area contributed by atoms with E-state index in [9.17, 15) is 9.90 Å². The Morgan fingerprint density at radius 1 is 1.31 bits per heavy atom. The summed E-state index contributed by atoms with van der Waals surface area (Å²) in [5, 5.41) is 11.3. The Hall–Kier alpha value is -3.23. The summed E-state index contributed by atoms with van der Waals surface area (Å²) >= 11 is 0. The van der Waals surface area contributed by atoms with Crippen LogP contribution in [0.15, 0.2) is 48.7 Å². The number of hydrogen-bond acceptors (Lipinski definition) is 7. The first-order valence-electron chi connectivity index (χ1n) is 10.8. The maximum atomic E-state index is 13.0. The molecule has 1 aliphatic rings. The zero-order chi connectivity index (χ0) is 22.7. The molecule has 1 saturated heterocycles. The average Bonchev–Trinajstić information content (AvgIpc) is 3.18. The van der Waals surface area contributed by atoms with E-state index in [-0.39, 0.29) is 12.5 Å². The molecule has 0 bridgehead atoms. The van der Waals surface area contributed by atoms with E-state index >= 15 is 0 Å². The first-order valence-corrected chi connectivity index (χ1v) is 10.8. The summed E-state index contributed by atoms with van der Waals surface area (Å²) in [6, 6.07) is 12.9. The molecule has 0 spiro atoms. The number of amides is 1. The van der Waals surface area contributed by atoms with Crippen LogP contribution in [-0.2, 0) is 0 Å². The molecule has 3 aromatic rings. The van der Waals surface area contributed by atoms with Crippen molar-refractivity contribution in [3.8, 4) is 5.75 Å². The van der Waals surface area contributed by atoms with Gasteiger partial charge in [-0.1, -0.05) is 6.07 Å². The lowest BCUT2D eigenvalue weighted by molar-refractivity contribution is 0.0264. The van der Waals surface area contributed by atoms with E-state index in [1.165, 1.54) is 0 Å². The van der Waals surface area contributed by atoms with Gasteiger partial charge in [0, 0.05) is 44.1 Å². The number of pyridine rings is 2. The third-order valence-electron chi connectivity index (χ3n) is 5.72. The number of aromatic nitrogens is 2. The monoisotopic (exact) mass is 435 g/mol. The largest absolute Gasteiger partial charge is 0.492 e. The fourth-order valence-corrected chi connectivity index (χ4v) is 4.18. The van der Waals surface area contributed by atoms with Gasteiger partial charge >= 0.3 is 0 Å². The van der Waals surface area contributed by atoms with E-state index in [1.54, 1.807) is 42.4 Å². The highest BCUT2D eigenvalue weighted by molar-refractivity contribution is 5.94. The van der Waals surface area contributed by atoms with Gasteiger partial charge in [-0.3, -0.25) is 9.78 Å². The maximum absolute atomic E-state index is 13.0. The number of benzene rings is 1. The van der Waals surface area contributed by atoms with Gasteiger partial charge in [0.15, 0.2) is 0 Å². The van der Waals surface area contributed by atoms with Crippen LogP contribution in [0.2, 0.25) is 0 Å². The minimum Gasteiger partial charge on any atom is -0.492 e. The lowest BCUT2D eigenvalue weighted by atomic mass is 10.0. The van der Waals surface area contributed by atoms with Crippen molar-refractivity contribution in [1.29, 1.82) is 0 Å². The highest BCUT2D eigenvalue weighted by Gasteiger charge is 2.38. The molecular formula is C24H29N5O3. The third-order valence-corrected chi connectivity index (χ3v) is 5.72. The van der Waals surface area contributed by atoms with E-state index in [2.05, 4.69) is 14.9 Å². The van der Waals surface area contributed by atoms with Gasteiger partial charge in [-0.25, -0.2) is 4.98 Å². The number of hydrogen-bond donors (Lipinski definition) is 2. The summed E-state index contributed by atoms with van der Waals surface area (Å²) < 4.78 is 5.52. The standard InChI is InChI=1S/C24H29N5O3/c1-17-6-7-20-22(27-17)21(8-11-26-20)29-12-9-24(31,16-29)15-28(2)23(30)18-4-3-5-19(14-18)32-13-10-25/h3-8,11,14,31H,9-10,12-13,15-16,25H2,1-2H3/t24-/m0/s1. The Balaban J connectivity index is 1.46. The lowest BCUT2D eigenvalue weighted by Crippen LogP contribution is -2.45. The molecule has 3 heterocycles. The van der Waals surface area contributed by atoms with Crippen molar-refractivity contribution in [3.63, 3.8) is 0 Å². The molecule has 0 saturated carbocycles. The number of nitrogens with two attached hydrogens (primary N) is 1. The molecule has 8 nitrogen and oxygen atoms in total. The molecule has 4 rings (SSSR count). The van der Waals surface area contributed by atoms with Crippen molar-refractivity contribution in [3.05, 3.63) is 59.9 Å². The van der Waals surface area contributed by atoms with Gasteiger partial charge in [-0.15, -0.1) is 0 Å². The molecule has 32 heavy (non-hydrogen) atoms. The maximum Gasteiger partial charge on any atom is 0.253 e. The van der Waals surface area contributed by atoms with Gasteiger partial charge in [-0.05, 0) is 49.7 Å². The number of rotatable bonds is 7. The van der Waals surface area contributed by atoms with Crippen LogP contribution in [0.3, 0.4) is 0 Å². The van der Waals surface area contributed by atoms with E-state index in [4.69, 9.17) is 10.5 Å². The first-order chi connectivity index (χ1) is 15.4. The van der Waals surface area contributed by atoms with Crippen LogP contribution in [0, 0.1) is 6.92 Å². The molecule has 0 unspecified atom stereocenters. The van der Waals surface area contributed by atoms with E-state index in [0.29, 0.717) is 44.0 Å². The predicted molar refractivity (Wildman–Crippen MR) is 124 cm³/mol. The fourth-order valence-electron chi connectivity index (χ4n) is 4.18. The van der Waals surface area contributed by atoms with Gasteiger partial charge in [0.05, 0.1) is 17.7 Å². The minimum absolute atomic E-state index is 0.165. The number of β-amino-alcohol motifs (C(OH)–C–C–N with tert-alkyl or cyclic N) is 1. The quantitative estimate of drug-likeness (QED) is 0.585. The number of aliphatic hydroxyl groups is 1. The van der Waals surface area contributed by atoms with E-state index in [0.717, 1.165) is 22.4 Å². The van der Waals surface area contributed by atoms with Crippen LogP contribution in [0.25, 0.3) is 11.0 Å². The van der Waals surface area contributed by atoms with Crippen molar-refractivity contribution in [1.82, 2.24) is 14.9 Å². The molecule has 1 amide bonds. The van der Waals surface area contributed by atoms with E-state index < -0.39 is 5.60 Å². The molecule has 1 aliphatic heterocycles. The molecular weight excluding hydrogens is 406 g/mol. The summed E-state index contributed by atoms with van der Waals surface area (Å²) in [4.78, 5) is 25.7. The second-order valence-corrected chi connectivity index (χ2v) is 8.37. The first kappa shape index (κ1) is 22.0. The second kappa shape index (κ2) is 9.10. The van der Waals surface area contributed by atoms with Crippen LogP contribution in [0.4, 0.5) is 5.69 Å².